The highest BCUT2D eigenvalue weighted by Gasteiger charge is 2.71. The third-order valence-electron chi connectivity index (χ3n) is 9.85. The molecule has 274 valence electrons. The van der Waals surface area contributed by atoms with Gasteiger partial charge in [-0.3, -0.25) is 9.69 Å². The lowest BCUT2D eigenvalue weighted by Gasteiger charge is -2.32. The Hall–Kier alpha value is -5.40. The number of sulfone groups is 1. The number of ether oxygens (including phenoxy) is 1. The molecule has 1 heterocycles. The van der Waals surface area contributed by atoms with Crippen LogP contribution in [-0.4, -0.2) is 48.5 Å². The van der Waals surface area contributed by atoms with E-state index in [2.05, 4.69) is 5.32 Å². The number of alkyl halides is 6. The van der Waals surface area contributed by atoms with E-state index in [1.807, 2.05) is 30.3 Å². The van der Waals surface area contributed by atoms with E-state index in [0.29, 0.717) is 36.1 Å². The van der Waals surface area contributed by atoms with Crippen molar-refractivity contribution in [3.05, 3.63) is 119 Å². The molecule has 3 aliphatic rings. The molecule has 16 heteroatoms. The first-order valence-electron chi connectivity index (χ1n) is 16.1. The Bertz CT molecular complexity index is 2240. The van der Waals surface area contributed by atoms with E-state index in [1.165, 1.54) is 18.2 Å². The van der Waals surface area contributed by atoms with Gasteiger partial charge in [-0.2, -0.15) is 31.6 Å². The third-order valence-corrected chi connectivity index (χ3v) is 11.8. The highest BCUT2D eigenvalue weighted by molar-refractivity contribution is 7.91. The van der Waals surface area contributed by atoms with Gasteiger partial charge in [0, 0.05) is 22.4 Å². The highest BCUT2D eigenvalue weighted by Crippen LogP contribution is 2.51. The quantitative estimate of drug-likeness (QED) is 0.187. The fourth-order valence-electron chi connectivity index (χ4n) is 6.86. The minimum absolute atomic E-state index is 0.136. The number of amides is 2. The number of hydrogen-bond donors (Lipinski definition) is 2. The van der Waals surface area contributed by atoms with Crippen molar-refractivity contribution in [3.63, 3.8) is 0 Å². The molecule has 1 atom stereocenters. The fourth-order valence-corrected chi connectivity index (χ4v) is 8.70. The number of aliphatic hydroxyl groups is 1. The Morgan fingerprint density at radius 1 is 0.868 bits per heavy atom. The second-order valence-corrected chi connectivity index (χ2v) is 15.2. The van der Waals surface area contributed by atoms with Crippen LogP contribution in [0.25, 0.3) is 11.1 Å². The first kappa shape index (κ1) is 36.0. The summed E-state index contributed by atoms with van der Waals surface area (Å²) in [6.07, 6.45) is -13.2. The van der Waals surface area contributed by atoms with E-state index >= 15 is 0 Å². The van der Waals surface area contributed by atoms with Crippen molar-refractivity contribution in [2.45, 2.75) is 54.4 Å². The molecule has 9 nitrogen and oxygen atoms in total. The van der Waals surface area contributed by atoms with Crippen LogP contribution in [-0.2, 0) is 31.5 Å². The summed E-state index contributed by atoms with van der Waals surface area (Å²) in [6.45, 7) is -0.307. The molecule has 0 aromatic heterocycles. The number of anilines is 1. The number of nitriles is 1. The van der Waals surface area contributed by atoms with Crippen molar-refractivity contribution in [2.24, 2.45) is 5.41 Å². The fraction of sp³-hybridized carbons (Fsp3) is 0.270. The molecule has 2 N–H and O–H groups in total. The smallest absolute Gasteiger partial charge is 0.430 e. The molecule has 53 heavy (non-hydrogen) atoms. The molecule has 4 aromatic carbocycles. The number of benzene rings is 4. The van der Waals surface area contributed by atoms with Gasteiger partial charge in [0.05, 0.1) is 28.7 Å². The summed E-state index contributed by atoms with van der Waals surface area (Å²) in [4.78, 5) is 28.9. The Balaban J connectivity index is 1.21. The molecule has 0 spiro atoms. The van der Waals surface area contributed by atoms with Gasteiger partial charge in [-0.25, -0.2) is 13.2 Å². The second-order valence-electron chi connectivity index (χ2n) is 13.3. The Morgan fingerprint density at radius 3 is 1.96 bits per heavy atom. The number of rotatable bonds is 7. The summed E-state index contributed by atoms with van der Waals surface area (Å²) in [7, 11) is -3.97. The zero-order valence-electron chi connectivity index (χ0n) is 27.2. The third kappa shape index (κ3) is 6.07. The van der Waals surface area contributed by atoms with Crippen LogP contribution < -0.4 is 5.32 Å². The molecule has 1 fully saturated rings. The molecule has 0 bridgehead atoms. The number of halogens is 6. The van der Waals surface area contributed by atoms with Crippen molar-refractivity contribution in [2.75, 3.05) is 11.1 Å². The number of nitrogens with zero attached hydrogens (tertiary/aromatic N) is 2. The number of fused-ring (bicyclic) bond motifs is 4. The largest absolute Gasteiger partial charge is 0.436 e. The first-order valence-corrected chi connectivity index (χ1v) is 17.7. The van der Waals surface area contributed by atoms with Crippen molar-refractivity contribution in [3.8, 4) is 17.2 Å². The minimum atomic E-state index is -6.12. The van der Waals surface area contributed by atoms with E-state index in [4.69, 9.17) is 4.74 Å². The molecular weight excluding hydrogens is 728 g/mol. The van der Waals surface area contributed by atoms with Crippen molar-refractivity contribution in [1.82, 2.24) is 4.90 Å². The van der Waals surface area contributed by atoms with Crippen molar-refractivity contribution in [1.29, 1.82) is 5.26 Å². The molecule has 1 aliphatic heterocycles. The number of carbonyl (C=O) groups is 2. The number of hydrogen-bond acceptors (Lipinski definition) is 7. The molecule has 0 radical (unpaired) electrons. The van der Waals surface area contributed by atoms with Crippen LogP contribution in [0.2, 0.25) is 0 Å². The Kier molecular flexibility index (Phi) is 8.38. The molecule has 2 aliphatic carbocycles. The second kappa shape index (κ2) is 12.3. The summed E-state index contributed by atoms with van der Waals surface area (Å²) < 4.78 is 113. The van der Waals surface area contributed by atoms with E-state index in [9.17, 15) is 54.7 Å². The summed E-state index contributed by atoms with van der Waals surface area (Å²) in [5.74, 6) is -1.36. The van der Waals surface area contributed by atoms with Crippen molar-refractivity contribution >= 4 is 27.5 Å². The summed E-state index contributed by atoms with van der Waals surface area (Å²) >= 11 is 0. The standard InChI is InChI=1S/C37H27F6N3O6S/c38-36(39,40)35(49,37(41,42)43)22-9-11-23(12-10-22)45-32(47)30-25-14-13-24(53(50,51)20-34(19-44)15-16-34)17-21(25)18-46(30)33(48)52-31-28-7-3-1-5-26(28)27-6-2-4-8-29(27)31/h1-14,17,30-31,49H,15-16,18,20H2,(H,45,47). The van der Waals surface area contributed by atoms with Crippen molar-refractivity contribution < 1.29 is 54.2 Å². The van der Waals surface area contributed by atoms with Gasteiger partial charge in [0.1, 0.15) is 6.04 Å². The lowest BCUT2D eigenvalue weighted by atomic mass is 9.92. The molecule has 1 saturated carbocycles. The maximum Gasteiger partial charge on any atom is 0.430 e. The topological polar surface area (TPSA) is 137 Å². The predicted octanol–water partition coefficient (Wildman–Crippen LogP) is 7.48. The van der Waals surface area contributed by atoms with Gasteiger partial charge < -0.3 is 15.2 Å². The van der Waals surface area contributed by atoms with E-state index < -0.39 is 68.7 Å². The van der Waals surface area contributed by atoms with Crippen LogP contribution in [0.3, 0.4) is 0 Å². The molecule has 0 saturated heterocycles. The van der Waals surface area contributed by atoms with Gasteiger partial charge in [0.2, 0.25) is 0 Å². The van der Waals surface area contributed by atoms with Crippen LogP contribution in [0.5, 0.6) is 0 Å². The Labute approximate surface area is 298 Å². The van der Waals surface area contributed by atoms with Crippen LogP contribution in [0, 0.1) is 16.7 Å². The number of nitrogens with one attached hydrogen (secondary N) is 1. The van der Waals surface area contributed by atoms with E-state index in [1.54, 1.807) is 24.3 Å². The van der Waals surface area contributed by atoms with Crippen LogP contribution in [0.1, 0.15) is 52.8 Å². The predicted molar refractivity (Wildman–Crippen MR) is 175 cm³/mol. The van der Waals surface area contributed by atoms with Gasteiger partial charge in [-0.1, -0.05) is 66.7 Å². The zero-order chi connectivity index (χ0) is 38.1. The van der Waals surface area contributed by atoms with Crippen LogP contribution >= 0.6 is 0 Å². The van der Waals surface area contributed by atoms with E-state index in [-0.39, 0.29) is 28.3 Å². The van der Waals surface area contributed by atoms with Gasteiger partial charge in [-0.15, -0.1) is 0 Å². The molecule has 2 amide bonds. The average Bonchev–Trinajstić information content (AvgIpc) is 3.65. The average molecular weight is 756 g/mol. The number of carbonyl (C=O) groups excluding carboxylic acids is 2. The molecule has 7 rings (SSSR count). The summed E-state index contributed by atoms with van der Waals surface area (Å²) in [6, 6.07) is 21.1. The highest BCUT2D eigenvalue weighted by atomic mass is 32.2. The first-order chi connectivity index (χ1) is 24.9. The monoisotopic (exact) mass is 755 g/mol. The van der Waals surface area contributed by atoms with Gasteiger partial charge >= 0.3 is 18.4 Å². The zero-order valence-corrected chi connectivity index (χ0v) is 28.0. The molecule has 4 aromatic rings. The minimum Gasteiger partial charge on any atom is -0.436 e. The van der Waals surface area contributed by atoms with Gasteiger partial charge in [0.25, 0.3) is 11.5 Å². The van der Waals surface area contributed by atoms with Crippen LogP contribution in [0.15, 0.2) is 95.9 Å². The maximum absolute atomic E-state index is 14.0. The van der Waals surface area contributed by atoms with Crippen LogP contribution in [0.4, 0.5) is 36.8 Å². The van der Waals surface area contributed by atoms with Gasteiger partial charge in [0.15, 0.2) is 15.9 Å². The lowest BCUT2D eigenvalue weighted by molar-refractivity contribution is -0.376. The van der Waals surface area contributed by atoms with Gasteiger partial charge in [-0.05, 0) is 59.4 Å². The van der Waals surface area contributed by atoms with E-state index in [0.717, 1.165) is 28.2 Å². The lowest BCUT2D eigenvalue weighted by Crippen LogP contribution is -2.53. The molecule has 1 unspecified atom stereocenters. The Morgan fingerprint density at radius 2 is 1.43 bits per heavy atom. The molecular formula is C37H27F6N3O6S. The normalized spacial score (nSPS) is 17.7. The summed E-state index contributed by atoms with van der Waals surface area (Å²) in [5.41, 5.74) is -4.53. The summed E-state index contributed by atoms with van der Waals surface area (Å²) in [5, 5.41) is 21.6. The SMILES string of the molecule is N#CC1(CS(=O)(=O)c2ccc3c(c2)CN(C(=O)OC2c4ccccc4-c4ccccc42)C3C(=O)Nc2ccc(C(O)(C(F)(F)F)C(F)(F)F)cc2)CC1. The maximum atomic E-state index is 14.0.